The van der Waals surface area contributed by atoms with E-state index in [9.17, 15) is 9.59 Å². The van der Waals surface area contributed by atoms with Crippen LogP contribution in [0.25, 0.3) is 22.3 Å². The van der Waals surface area contributed by atoms with Crippen molar-refractivity contribution < 1.29 is 13.9 Å². The van der Waals surface area contributed by atoms with Gasteiger partial charge in [0.1, 0.15) is 22.7 Å². The van der Waals surface area contributed by atoms with Gasteiger partial charge in [-0.1, -0.05) is 58.4 Å². The Labute approximate surface area is 169 Å². The van der Waals surface area contributed by atoms with E-state index in [1.54, 1.807) is 61.7 Å². The second-order valence-electron chi connectivity index (χ2n) is 6.20. The number of rotatable bonds is 4. The molecule has 0 unspecified atom stereocenters. The van der Waals surface area contributed by atoms with Gasteiger partial charge in [0, 0.05) is 21.7 Å². The molecule has 4 nitrogen and oxygen atoms in total. The summed E-state index contributed by atoms with van der Waals surface area (Å²) in [4.78, 5) is 26.5. The number of carbonyl (C=O) groups is 1. The van der Waals surface area contributed by atoms with Crippen LogP contribution in [0.4, 0.5) is 0 Å². The summed E-state index contributed by atoms with van der Waals surface area (Å²) in [6.07, 6.45) is 0. The first-order valence-electron chi connectivity index (χ1n) is 8.59. The highest BCUT2D eigenvalue weighted by Crippen LogP contribution is 2.30. The summed E-state index contributed by atoms with van der Waals surface area (Å²) in [6.45, 7) is 0. The third-order valence-corrected chi connectivity index (χ3v) is 5.00. The van der Waals surface area contributed by atoms with Crippen molar-refractivity contribution in [2.75, 3.05) is 7.11 Å². The van der Waals surface area contributed by atoms with Crippen LogP contribution >= 0.6 is 15.9 Å². The molecule has 0 saturated heterocycles. The van der Waals surface area contributed by atoms with Gasteiger partial charge in [-0.25, -0.2) is 0 Å². The maximum atomic E-state index is 13.3. The Kier molecular flexibility index (Phi) is 4.84. The van der Waals surface area contributed by atoms with Crippen molar-refractivity contribution in [3.63, 3.8) is 0 Å². The van der Waals surface area contributed by atoms with Crippen molar-refractivity contribution in [3.8, 4) is 17.1 Å². The predicted octanol–water partition coefficient (Wildman–Crippen LogP) is 5.46. The first-order valence-corrected chi connectivity index (χ1v) is 9.38. The molecule has 28 heavy (non-hydrogen) atoms. The van der Waals surface area contributed by atoms with Gasteiger partial charge in [0.2, 0.25) is 11.2 Å². The molecule has 0 spiro atoms. The van der Waals surface area contributed by atoms with Gasteiger partial charge in [-0.2, -0.15) is 0 Å². The Bertz CT molecular complexity index is 1230. The molecular weight excluding hydrogens is 420 g/mol. The summed E-state index contributed by atoms with van der Waals surface area (Å²) in [5.41, 5.74) is 1.10. The smallest absolute Gasteiger partial charge is 0.204 e. The number of ketones is 1. The minimum atomic E-state index is -0.370. The Morgan fingerprint density at radius 2 is 1.68 bits per heavy atom. The fraction of sp³-hybridized carbons (Fsp3) is 0.0435. The SMILES string of the molecule is COc1ccc2c(=O)c(C(=O)c3ccccc3)c(-c3ccc(Br)cc3)oc2c1. The van der Waals surface area contributed by atoms with Gasteiger partial charge in [-0.3, -0.25) is 9.59 Å². The van der Waals surface area contributed by atoms with Gasteiger partial charge in [-0.05, 0) is 24.3 Å². The Morgan fingerprint density at radius 1 is 0.964 bits per heavy atom. The molecule has 3 aromatic carbocycles. The number of fused-ring (bicyclic) bond motifs is 1. The van der Waals surface area contributed by atoms with Gasteiger partial charge in [0.25, 0.3) is 0 Å². The summed E-state index contributed by atoms with van der Waals surface area (Å²) < 4.78 is 12.2. The second-order valence-corrected chi connectivity index (χ2v) is 7.12. The van der Waals surface area contributed by atoms with Crippen LogP contribution in [-0.2, 0) is 0 Å². The van der Waals surface area contributed by atoms with E-state index < -0.39 is 0 Å². The fourth-order valence-corrected chi connectivity index (χ4v) is 3.31. The number of benzene rings is 3. The zero-order valence-electron chi connectivity index (χ0n) is 14.9. The van der Waals surface area contributed by atoms with Crippen LogP contribution in [0.3, 0.4) is 0 Å². The van der Waals surface area contributed by atoms with Gasteiger partial charge < -0.3 is 9.15 Å². The molecule has 0 aliphatic carbocycles. The Hall–Kier alpha value is -3.18. The van der Waals surface area contributed by atoms with Crippen molar-refractivity contribution >= 4 is 32.7 Å². The van der Waals surface area contributed by atoms with E-state index in [4.69, 9.17) is 9.15 Å². The van der Waals surface area contributed by atoms with Crippen LogP contribution in [0.5, 0.6) is 5.75 Å². The lowest BCUT2D eigenvalue weighted by Gasteiger charge is -2.11. The summed E-state index contributed by atoms with van der Waals surface area (Å²) in [5.74, 6) is 0.441. The largest absolute Gasteiger partial charge is 0.497 e. The summed E-state index contributed by atoms with van der Waals surface area (Å²) >= 11 is 3.40. The van der Waals surface area contributed by atoms with Crippen LogP contribution in [0.15, 0.2) is 86.5 Å². The minimum absolute atomic E-state index is 0.0196. The highest BCUT2D eigenvalue weighted by Gasteiger charge is 2.23. The molecular formula is C23H15BrO4. The quantitative estimate of drug-likeness (QED) is 0.400. The molecule has 0 saturated carbocycles. The maximum Gasteiger partial charge on any atom is 0.204 e. The number of ether oxygens (including phenoxy) is 1. The first-order chi connectivity index (χ1) is 13.6. The van der Waals surface area contributed by atoms with Crippen LogP contribution in [0.1, 0.15) is 15.9 Å². The molecule has 4 rings (SSSR count). The molecule has 0 radical (unpaired) electrons. The number of hydrogen-bond acceptors (Lipinski definition) is 4. The third kappa shape index (κ3) is 3.25. The van der Waals surface area contributed by atoms with Gasteiger partial charge in [0.05, 0.1) is 12.5 Å². The molecule has 0 amide bonds. The number of carbonyl (C=O) groups excluding carboxylic acids is 1. The number of hydrogen-bond donors (Lipinski definition) is 0. The van der Waals surface area contributed by atoms with E-state index in [1.807, 2.05) is 18.2 Å². The van der Waals surface area contributed by atoms with Gasteiger partial charge in [0.15, 0.2) is 0 Å². The average Bonchev–Trinajstić information content (AvgIpc) is 2.74. The van der Waals surface area contributed by atoms with Crippen LogP contribution in [0, 0.1) is 0 Å². The van der Waals surface area contributed by atoms with Crippen molar-refractivity contribution in [2.24, 2.45) is 0 Å². The maximum absolute atomic E-state index is 13.3. The zero-order valence-corrected chi connectivity index (χ0v) is 16.5. The van der Waals surface area contributed by atoms with E-state index in [0.29, 0.717) is 27.8 Å². The average molecular weight is 435 g/mol. The number of halogens is 1. The van der Waals surface area contributed by atoms with E-state index >= 15 is 0 Å². The summed E-state index contributed by atoms with van der Waals surface area (Å²) in [7, 11) is 1.54. The standard InChI is InChI=1S/C23H15BrO4/c1-27-17-11-12-18-19(13-17)28-23(15-7-9-16(24)10-8-15)20(22(18)26)21(25)14-5-3-2-4-6-14/h2-13H,1H3. The molecule has 0 bridgehead atoms. The predicted molar refractivity (Wildman–Crippen MR) is 112 cm³/mol. The normalized spacial score (nSPS) is 10.8. The lowest BCUT2D eigenvalue weighted by Crippen LogP contribution is -2.18. The Balaban J connectivity index is 2.04. The Morgan fingerprint density at radius 3 is 2.36 bits per heavy atom. The molecule has 1 aromatic heterocycles. The van der Waals surface area contributed by atoms with Gasteiger partial charge >= 0.3 is 0 Å². The van der Waals surface area contributed by atoms with Crippen LogP contribution < -0.4 is 10.2 Å². The van der Waals surface area contributed by atoms with E-state index in [-0.39, 0.29) is 22.5 Å². The monoisotopic (exact) mass is 434 g/mol. The molecule has 0 aliphatic rings. The summed E-state index contributed by atoms with van der Waals surface area (Å²) in [5, 5.41) is 0.334. The van der Waals surface area contributed by atoms with E-state index in [2.05, 4.69) is 15.9 Å². The minimum Gasteiger partial charge on any atom is -0.497 e. The van der Waals surface area contributed by atoms with Crippen molar-refractivity contribution in [1.82, 2.24) is 0 Å². The molecule has 0 fully saturated rings. The van der Waals surface area contributed by atoms with Crippen LogP contribution in [0.2, 0.25) is 0 Å². The molecule has 1 heterocycles. The zero-order chi connectivity index (χ0) is 19.7. The molecule has 0 N–H and O–H groups in total. The highest BCUT2D eigenvalue weighted by molar-refractivity contribution is 9.10. The fourth-order valence-electron chi connectivity index (χ4n) is 3.05. The van der Waals surface area contributed by atoms with Crippen LogP contribution in [-0.4, -0.2) is 12.9 Å². The molecule has 0 atom stereocenters. The lowest BCUT2D eigenvalue weighted by molar-refractivity contribution is 0.103. The second kappa shape index (κ2) is 7.44. The van der Waals surface area contributed by atoms with E-state index in [0.717, 1.165) is 4.47 Å². The molecule has 4 aromatic rings. The van der Waals surface area contributed by atoms with Crippen molar-refractivity contribution in [3.05, 3.63) is 98.6 Å². The number of methoxy groups -OCH3 is 1. The van der Waals surface area contributed by atoms with Crippen molar-refractivity contribution in [1.29, 1.82) is 0 Å². The lowest BCUT2D eigenvalue weighted by atomic mass is 9.97. The van der Waals surface area contributed by atoms with Gasteiger partial charge in [-0.15, -0.1) is 0 Å². The van der Waals surface area contributed by atoms with E-state index in [1.165, 1.54) is 0 Å². The molecule has 5 heteroatoms. The first kappa shape index (κ1) is 18.2. The molecule has 0 aliphatic heterocycles. The van der Waals surface area contributed by atoms with Crippen molar-refractivity contribution in [2.45, 2.75) is 0 Å². The summed E-state index contributed by atoms with van der Waals surface area (Å²) in [6, 6.07) is 20.9. The third-order valence-electron chi connectivity index (χ3n) is 4.47. The topological polar surface area (TPSA) is 56.5 Å². The highest BCUT2D eigenvalue weighted by atomic mass is 79.9. The molecule has 138 valence electrons.